The van der Waals surface area contributed by atoms with Crippen molar-refractivity contribution in [3.63, 3.8) is 0 Å². The lowest BCUT2D eigenvalue weighted by Gasteiger charge is -2.12. The molecule has 0 saturated carbocycles. The first-order chi connectivity index (χ1) is 13.5. The van der Waals surface area contributed by atoms with E-state index in [-0.39, 0.29) is 12.4 Å². The standard InChI is InChI=1S/C21H22ClN3O2S/c1-25(2)17-10-4-14(5-11-17)13-23-21-24-20(15-6-8-16(22)9-7-15)18(28-21)12-19(26)27-3/h4-11H,12-13H2,1-3H3,(H,23,24). The molecule has 7 heteroatoms. The lowest BCUT2D eigenvalue weighted by Crippen LogP contribution is -2.08. The second kappa shape index (κ2) is 9.08. The largest absolute Gasteiger partial charge is 0.469 e. The number of benzene rings is 2. The molecule has 5 nitrogen and oxygen atoms in total. The zero-order valence-electron chi connectivity index (χ0n) is 16.0. The SMILES string of the molecule is COC(=O)Cc1sc(NCc2ccc(N(C)C)cc2)nc1-c1ccc(Cl)cc1. The molecule has 0 unspecified atom stereocenters. The van der Waals surface area contributed by atoms with Crippen LogP contribution in [0, 0.1) is 0 Å². The number of aromatic nitrogens is 1. The molecule has 3 rings (SSSR count). The zero-order chi connectivity index (χ0) is 20.1. The van der Waals surface area contributed by atoms with E-state index >= 15 is 0 Å². The van der Waals surface area contributed by atoms with E-state index < -0.39 is 0 Å². The van der Waals surface area contributed by atoms with E-state index in [0.29, 0.717) is 11.6 Å². The van der Waals surface area contributed by atoms with E-state index in [9.17, 15) is 4.79 Å². The molecule has 1 heterocycles. The molecule has 28 heavy (non-hydrogen) atoms. The Hall–Kier alpha value is -2.57. The van der Waals surface area contributed by atoms with Gasteiger partial charge in [-0.15, -0.1) is 11.3 Å². The third-order valence-corrected chi connectivity index (χ3v) is 5.51. The lowest BCUT2D eigenvalue weighted by atomic mass is 10.1. The number of esters is 1. The van der Waals surface area contributed by atoms with Crippen LogP contribution >= 0.6 is 22.9 Å². The number of hydrogen-bond acceptors (Lipinski definition) is 6. The number of nitrogens with zero attached hydrogens (tertiary/aromatic N) is 2. The van der Waals surface area contributed by atoms with Crippen molar-refractivity contribution in [1.29, 1.82) is 0 Å². The molecule has 0 fully saturated rings. The Bertz CT molecular complexity index is 937. The smallest absolute Gasteiger partial charge is 0.310 e. The molecular weight excluding hydrogens is 394 g/mol. The summed E-state index contributed by atoms with van der Waals surface area (Å²) in [6.45, 7) is 0.652. The maximum Gasteiger partial charge on any atom is 0.310 e. The Morgan fingerprint density at radius 2 is 1.82 bits per heavy atom. The summed E-state index contributed by atoms with van der Waals surface area (Å²) in [6, 6.07) is 15.8. The number of halogens is 1. The highest BCUT2D eigenvalue weighted by molar-refractivity contribution is 7.16. The maximum atomic E-state index is 11.8. The topological polar surface area (TPSA) is 54.5 Å². The van der Waals surface area contributed by atoms with Gasteiger partial charge in [0.1, 0.15) is 0 Å². The van der Waals surface area contributed by atoms with Crippen molar-refractivity contribution in [3.8, 4) is 11.3 Å². The number of ether oxygens (including phenoxy) is 1. The summed E-state index contributed by atoms with van der Waals surface area (Å²) in [6.07, 6.45) is 0.186. The zero-order valence-corrected chi connectivity index (χ0v) is 17.6. The van der Waals surface area contributed by atoms with Crippen molar-refractivity contribution in [2.24, 2.45) is 0 Å². The van der Waals surface area contributed by atoms with Gasteiger partial charge in [0, 0.05) is 41.8 Å². The first-order valence-electron chi connectivity index (χ1n) is 8.79. The van der Waals surface area contributed by atoms with Crippen LogP contribution in [-0.4, -0.2) is 32.2 Å². The van der Waals surface area contributed by atoms with E-state index in [2.05, 4.69) is 34.5 Å². The van der Waals surface area contributed by atoms with Gasteiger partial charge in [-0.25, -0.2) is 4.98 Å². The monoisotopic (exact) mass is 415 g/mol. The Kier molecular flexibility index (Phi) is 6.54. The van der Waals surface area contributed by atoms with Crippen LogP contribution in [0.4, 0.5) is 10.8 Å². The summed E-state index contributed by atoms with van der Waals surface area (Å²) in [7, 11) is 5.43. The predicted molar refractivity (Wildman–Crippen MR) is 116 cm³/mol. The van der Waals surface area contributed by atoms with Crippen LogP contribution in [0.5, 0.6) is 0 Å². The molecule has 0 aliphatic carbocycles. The number of carbonyl (C=O) groups excluding carboxylic acids is 1. The predicted octanol–water partition coefficient (Wildman–Crippen LogP) is 4.86. The van der Waals surface area contributed by atoms with Crippen molar-refractivity contribution in [2.45, 2.75) is 13.0 Å². The van der Waals surface area contributed by atoms with E-state index in [4.69, 9.17) is 21.3 Å². The lowest BCUT2D eigenvalue weighted by molar-refractivity contribution is -0.139. The number of nitrogens with one attached hydrogen (secondary N) is 1. The Balaban J connectivity index is 1.79. The van der Waals surface area contributed by atoms with Gasteiger partial charge in [-0.2, -0.15) is 0 Å². The van der Waals surface area contributed by atoms with Crippen molar-refractivity contribution in [3.05, 3.63) is 64.0 Å². The number of anilines is 2. The summed E-state index contributed by atoms with van der Waals surface area (Å²) in [5.74, 6) is -0.287. The molecule has 0 bridgehead atoms. The van der Waals surface area contributed by atoms with Gasteiger partial charge in [0.05, 0.1) is 19.2 Å². The fraction of sp³-hybridized carbons (Fsp3) is 0.238. The Labute approximate surface area is 173 Å². The minimum absolute atomic E-state index is 0.186. The number of hydrogen-bond donors (Lipinski definition) is 1. The summed E-state index contributed by atoms with van der Waals surface area (Å²) in [5.41, 5.74) is 4.01. The fourth-order valence-corrected chi connectivity index (χ4v) is 3.76. The van der Waals surface area contributed by atoms with Gasteiger partial charge in [-0.3, -0.25) is 4.79 Å². The van der Waals surface area contributed by atoms with E-state index in [0.717, 1.165) is 32.5 Å². The molecule has 146 valence electrons. The minimum Gasteiger partial charge on any atom is -0.469 e. The highest BCUT2D eigenvalue weighted by Crippen LogP contribution is 2.32. The van der Waals surface area contributed by atoms with Crippen LogP contribution in [-0.2, 0) is 22.5 Å². The summed E-state index contributed by atoms with van der Waals surface area (Å²) >= 11 is 7.46. The second-order valence-electron chi connectivity index (χ2n) is 6.47. The van der Waals surface area contributed by atoms with E-state index in [1.165, 1.54) is 18.4 Å². The normalized spacial score (nSPS) is 10.6. The Morgan fingerprint density at radius 1 is 1.14 bits per heavy atom. The van der Waals surface area contributed by atoms with Crippen LogP contribution in [0.2, 0.25) is 5.02 Å². The quantitative estimate of drug-likeness (QED) is 0.558. The van der Waals surface area contributed by atoms with Gasteiger partial charge in [-0.05, 0) is 29.8 Å². The highest BCUT2D eigenvalue weighted by Gasteiger charge is 2.16. The van der Waals surface area contributed by atoms with Gasteiger partial charge in [0.25, 0.3) is 0 Å². The summed E-state index contributed by atoms with van der Waals surface area (Å²) in [5, 5.41) is 4.78. The summed E-state index contributed by atoms with van der Waals surface area (Å²) in [4.78, 5) is 19.4. The van der Waals surface area contributed by atoms with Crippen LogP contribution in [0.15, 0.2) is 48.5 Å². The molecule has 0 aliphatic rings. The van der Waals surface area contributed by atoms with Gasteiger partial charge in [0.15, 0.2) is 5.13 Å². The molecule has 0 atom stereocenters. The van der Waals surface area contributed by atoms with Crippen LogP contribution < -0.4 is 10.2 Å². The molecule has 0 amide bonds. The van der Waals surface area contributed by atoms with E-state index in [1.807, 2.05) is 38.4 Å². The minimum atomic E-state index is -0.287. The highest BCUT2D eigenvalue weighted by atomic mass is 35.5. The van der Waals surface area contributed by atoms with Gasteiger partial charge in [0.2, 0.25) is 0 Å². The molecule has 0 spiro atoms. The Morgan fingerprint density at radius 3 is 2.43 bits per heavy atom. The first-order valence-corrected chi connectivity index (χ1v) is 9.98. The number of carbonyl (C=O) groups is 1. The third-order valence-electron chi connectivity index (χ3n) is 4.24. The molecule has 1 aromatic heterocycles. The molecular formula is C21H22ClN3O2S. The van der Waals surface area contributed by atoms with Crippen molar-refractivity contribution >= 4 is 39.7 Å². The summed E-state index contributed by atoms with van der Waals surface area (Å²) < 4.78 is 4.83. The molecule has 0 aliphatic heterocycles. The first kappa shape index (κ1) is 20.2. The fourth-order valence-electron chi connectivity index (χ4n) is 2.67. The van der Waals surface area contributed by atoms with Gasteiger partial charge < -0.3 is 15.0 Å². The molecule has 2 aromatic carbocycles. The number of methoxy groups -OCH3 is 1. The van der Waals surface area contributed by atoms with Gasteiger partial charge in [-0.1, -0.05) is 35.9 Å². The molecule has 0 radical (unpaired) electrons. The molecule has 1 N–H and O–H groups in total. The second-order valence-corrected chi connectivity index (χ2v) is 7.99. The number of rotatable bonds is 7. The van der Waals surface area contributed by atoms with Crippen molar-refractivity contribution in [1.82, 2.24) is 4.98 Å². The molecule has 3 aromatic rings. The van der Waals surface area contributed by atoms with E-state index in [1.54, 1.807) is 0 Å². The average Bonchev–Trinajstić information content (AvgIpc) is 3.09. The van der Waals surface area contributed by atoms with Crippen LogP contribution in [0.25, 0.3) is 11.3 Å². The third kappa shape index (κ3) is 5.03. The maximum absolute atomic E-state index is 11.8. The van der Waals surface area contributed by atoms with Gasteiger partial charge >= 0.3 is 5.97 Å². The van der Waals surface area contributed by atoms with Crippen molar-refractivity contribution < 1.29 is 9.53 Å². The average molecular weight is 416 g/mol. The van der Waals surface area contributed by atoms with Crippen molar-refractivity contribution in [2.75, 3.05) is 31.4 Å². The van der Waals surface area contributed by atoms with Crippen LogP contribution in [0.1, 0.15) is 10.4 Å². The molecule has 0 saturated heterocycles. The number of thiazole rings is 1. The van der Waals surface area contributed by atoms with Crippen LogP contribution in [0.3, 0.4) is 0 Å².